The first-order valence-corrected chi connectivity index (χ1v) is 21.7. The van der Waals surface area contributed by atoms with Crippen LogP contribution in [0, 0.1) is 13.8 Å². The summed E-state index contributed by atoms with van der Waals surface area (Å²) in [5.74, 6) is 1.08. The number of hydrogen-bond acceptors (Lipinski definition) is 18. The molecule has 8 aromatic rings. The van der Waals surface area contributed by atoms with Crippen molar-refractivity contribution in [1.82, 2.24) is 20.3 Å². The summed E-state index contributed by atoms with van der Waals surface area (Å²) in [7, 11) is 6.00. The number of rotatable bonds is 14. The highest BCUT2D eigenvalue weighted by Crippen LogP contribution is 2.41. The number of urea groups is 2. The zero-order valence-corrected chi connectivity index (χ0v) is 40.1. The lowest BCUT2D eigenvalue weighted by Gasteiger charge is -2.22. The number of halogens is 2. The second-order valence-electron chi connectivity index (χ2n) is 14.7. The van der Waals surface area contributed by atoms with Crippen LogP contribution in [0.2, 0.25) is 10.0 Å². The summed E-state index contributed by atoms with van der Waals surface area (Å²) in [5, 5.41) is 14.3. The molecule has 4 aromatic carbocycles. The molecule has 0 unspecified atom stereocenters. The number of aromatic nitrogens is 4. The number of ether oxygens (including phenoxy) is 6. The third kappa shape index (κ3) is 11.1. The van der Waals surface area contributed by atoms with Gasteiger partial charge < -0.3 is 47.1 Å². The maximum Gasteiger partial charge on any atom is 0.361 e. The van der Waals surface area contributed by atoms with Gasteiger partial charge in [-0.15, -0.1) is 10.1 Å². The lowest BCUT2D eigenvalue weighted by molar-refractivity contribution is -0.140. The summed E-state index contributed by atoms with van der Waals surface area (Å²) in [6.07, 6.45) is 4.34. The molecule has 0 spiro atoms. The zero-order valence-electron chi connectivity index (χ0n) is 38.5. The number of pyridine rings is 2. The summed E-state index contributed by atoms with van der Waals surface area (Å²) < 4.78 is 44.1. The monoisotopic (exact) mass is 1020 g/mol. The molecule has 4 heterocycles. The van der Waals surface area contributed by atoms with Crippen molar-refractivity contribution in [2.24, 2.45) is 0 Å². The van der Waals surface area contributed by atoms with Gasteiger partial charge in [-0.1, -0.05) is 33.5 Å². The largest absolute Gasteiger partial charge is 0.493 e. The lowest BCUT2D eigenvalue weighted by atomic mass is 10.2. The van der Waals surface area contributed by atoms with Crippen LogP contribution in [-0.4, -0.2) is 72.7 Å². The Balaban J connectivity index is 1.02. The van der Waals surface area contributed by atoms with Crippen LogP contribution in [0.4, 0.5) is 32.6 Å². The van der Waals surface area contributed by atoms with Crippen molar-refractivity contribution in [3.8, 4) is 46.0 Å². The number of aryl methyl sites for hydroxylation is 2. The Morgan fingerprint density at radius 3 is 1.26 bits per heavy atom. The van der Waals surface area contributed by atoms with Crippen molar-refractivity contribution < 1.29 is 66.3 Å². The van der Waals surface area contributed by atoms with Crippen LogP contribution in [0.15, 0.2) is 119 Å². The van der Waals surface area contributed by atoms with Gasteiger partial charge in [-0.2, -0.15) is 0 Å². The molecule has 72 heavy (non-hydrogen) atoms. The highest BCUT2D eigenvalue weighted by atomic mass is 35.5. The average Bonchev–Trinajstić information content (AvgIpc) is 3.99. The molecular weight excluding hydrogens is 983 g/mol. The van der Waals surface area contributed by atoms with Crippen LogP contribution in [0.25, 0.3) is 21.8 Å². The highest BCUT2D eigenvalue weighted by molar-refractivity contribution is 6.34. The van der Waals surface area contributed by atoms with E-state index in [1.54, 1.807) is 50.2 Å². The molecule has 0 aliphatic heterocycles. The van der Waals surface area contributed by atoms with Crippen LogP contribution in [0.1, 0.15) is 11.5 Å². The fourth-order valence-electron chi connectivity index (χ4n) is 6.71. The third-order valence-corrected chi connectivity index (χ3v) is 10.6. The van der Waals surface area contributed by atoms with Crippen molar-refractivity contribution in [2.75, 3.05) is 49.2 Å². The van der Waals surface area contributed by atoms with E-state index in [-0.39, 0.29) is 44.6 Å². The molecule has 0 saturated carbocycles. The third-order valence-electron chi connectivity index (χ3n) is 9.96. The number of fused-ring (bicyclic) bond motifs is 2. The molecule has 0 fully saturated rings. The van der Waals surface area contributed by atoms with E-state index in [2.05, 4.69) is 30.9 Å². The summed E-state index contributed by atoms with van der Waals surface area (Å²) >= 11 is 13.4. The van der Waals surface area contributed by atoms with Crippen molar-refractivity contribution >= 4 is 92.0 Å². The van der Waals surface area contributed by atoms with Gasteiger partial charge >= 0.3 is 24.0 Å². The van der Waals surface area contributed by atoms with Gasteiger partial charge in [0.25, 0.3) is 0 Å². The number of methoxy groups -OCH3 is 4. The number of hydrogen-bond donors (Lipinski definition) is 2. The second kappa shape index (κ2) is 21.6. The standard InChI is InChI=1S/C48H38Cl2N8O14/c1-25-17-43(55-69-25)53-47(61)57(35-9-7-27(19-31(35)49)67-37-13-15-51-33-23-41(65-5)39(63-3)21-29(33)37)71-45(59)11-12-46(60)72-58(48(62)54-44-18-26(2)70-56-44)36-10-8-28(20-32(36)50)68-38-14-16-52-34-24-42(66-6)40(64-4)22-30(34)38/h7-24H,1-6H3,(H,53,55,61)(H,54,56,62)/b12-11-. The highest BCUT2D eigenvalue weighted by Gasteiger charge is 2.27. The Kier molecular flexibility index (Phi) is 14.7. The molecule has 368 valence electrons. The van der Waals surface area contributed by atoms with Crippen LogP contribution < -0.4 is 49.2 Å². The molecule has 4 aromatic heterocycles. The number of nitrogens with one attached hydrogen (secondary N) is 2. The Morgan fingerprint density at radius 2 is 0.917 bits per heavy atom. The number of anilines is 4. The van der Waals surface area contributed by atoms with E-state index >= 15 is 0 Å². The average molecular weight is 1020 g/mol. The molecule has 0 saturated heterocycles. The van der Waals surface area contributed by atoms with E-state index in [0.717, 1.165) is 0 Å². The fourth-order valence-corrected chi connectivity index (χ4v) is 7.20. The van der Waals surface area contributed by atoms with E-state index in [1.165, 1.54) is 89.4 Å². The first-order valence-electron chi connectivity index (χ1n) is 20.9. The SMILES string of the molecule is COc1cc2nccc(Oc3ccc(N(OC(=O)/C=C\C(=O)ON(C(=O)Nc4cc(C)on4)c4ccc(Oc5ccnc6cc(OC)c(OC)cc56)cc4Cl)C(=O)Nc4cc(C)on4)c(Cl)c3)c2cc1OC. The van der Waals surface area contributed by atoms with Gasteiger partial charge in [0, 0.05) is 71.7 Å². The van der Waals surface area contributed by atoms with Crippen LogP contribution in [-0.2, 0) is 19.3 Å². The molecule has 4 amide bonds. The minimum Gasteiger partial charge on any atom is -0.493 e. The van der Waals surface area contributed by atoms with Crippen LogP contribution in [0.3, 0.4) is 0 Å². The van der Waals surface area contributed by atoms with Gasteiger partial charge in [0.15, 0.2) is 34.6 Å². The molecule has 24 heteroatoms. The number of hydroxylamine groups is 2. The lowest BCUT2D eigenvalue weighted by Crippen LogP contribution is -2.37. The van der Waals surface area contributed by atoms with Crippen LogP contribution >= 0.6 is 23.2 Å². The first-order chi connectivity index (χ1) is 34.7. The van der Waals surface area contributed by atoms with Crippen molar-refractivity contribution in [3.63, 3.8) is 0 Å². The van der Waals surface area contributed by atoms with Gasteiger partial charge in [-0.05, 0) is 62.4 Å². The predicted molar refractivity (Wildman–Crippen MR) is 260 cm³/mol. The van der Waals surface area contributed by atoms with Crippen molar-refractivity contribution in [2.45, 2.75) is 13.8 Å². The number of benzene rings is 4. The summed E-state index contributed by atoms with van der Waals surface area (Å²) in [6.45, 7) is 3.19. The molecule has 0 aliphatic rings. The van der Waals surface area contributed by atoms with Gasteiger partial charge in [0.05, 0.1) is 49.5 Å². The summed E-state index contributed by atoms with van der Waals surface area (Å²) in [5.41, 5.74) is 0.789. The maximum absolute atomic E-state index is 13.7. The molecule has 22 nitrogen and oxygen atoms in total. The summed E-state index contributed by atoms with van der Waals surface area (Å²) in [4.78, 5) is 73.9. The molecule has 0 bridgehead atoms. The molecule has 0 radical (unpaired) electrons. The second-order valence-corrected chi connectivity index (χ2v) is 15.6. The quantitative estimate of drug-likeness (QED) is 0.0758. The van der Waals surface area contributed by atoms with Crippen molar-refractivity contribution in [1.29, 1.82) is 0 Å². The number of carbonyl (C=O) groups excluding carboxylic acids is 4. The van der Waals surface area contributed by atoms with Crippen molar-refractivity contribution in [3.05, 3.63) is 131 Å². The number of nitrogens with zero attached hydrogens (tertiary/aromatic N) is 6. The van der Waals surface area contributed by atoms with Gasteiger partial charge in [-0.3, -0.25) is 20.6 Å². The van der Waals surface area contributed by atoms with Gasteiger partial charge in [-0.25, -0.2) is 19.2 Å². The van der Waals surface area contributed by atoms with E-state index in [0.29, 0.717) is 90.1 Å². The molecule has 0 atom stereocenters. The molecular formula is C48H38Cl2N8O14. The van der Waals surface area contributed by atoms with Gasteiger partial charge in [0.2, 0.25) is 0 Å². The van der Waals surface area contributed by atoms with E-state index in [1.807, 2.05) is 0 Å². The number of amides is 4. The fraction of sp³-hybridized carbons (Fsp3) is 0.125. The molecule has 0 aliphatic carbocycles. The summed E-state index contributed by atoms with van der Waals surface area (Å²) in [6, 6.07) is 19.0. The minimum atomic E-state index is -1.28. The number of carbonyl (C=O) groups is 4. The zero-order chi connectivity index (χ0) is 51.1. The Hall–Kier alpha value is -9.28. The molecule has 2 N–H and O–H groups in total. The Morgan fingerprint density at radius 1 is 0.528 bits per heavy atom. The van der Waals surface area contributed by atoms with E-state index < -0.39 is 24.0 Å². The van der Waals surface area contributed by atoms with E-state index in [9.17, 15) is 19.2 Å². The van der Waals surface area contributed by atoms with Gasteiger partial charge in [0.1, 0.15) is 45.9 Å². The Bertz CT molecular complexity index is 3180. The molecule has 8 rings (SSSR count). The predicted octanol–water partition coefficient (Wildman–Crippen LogP) is 10.6. The van der Waals surface area contributed by atoms with Crippen LogP contribution in [0.5, 0.6) is 46.0 Å². The minimum absolute atomic E-state index is 0.0321. The Labute approximate surface area is 417 Å². The normalized spacial score (nSPS) is 10.9. The smallest absolute Gasteiger partial charge is 0.361 e. The topological polar surface area (TPSA) is 250 Å². The van der Waals surface area contributed by atoms with E-state index in [4.69, 9.17) is 70.3 Å². The maximum atomic E-state index is 13.7. The first kappa shape index (κ1) is 49.2.